The molecule has 1 heterocycles. The summed E-state index contributed by atoms with van der Waals surface area (Å²) < 4.78 is 5.40. The van der Waals surface area contributed by atoms with Crippen molar-refractivity contribution in [2.75, 3.05) is 13.6 Å². The molecule has 0 atom stereocenters. The van der Waals surface area contributed by atoms with Crippen molar-refractivity contribution >= 4 is 5.96 Å². The van der Waals surface area contributed by atoms with Crippen LogP contribution in [-0.4, -0.2) is 35.7 Å². The minimum Gasteiger partial charge on any atom is -0.359 e. The maximum Gasteiger partial charge on any atom is 0.191 e. The first kappa shape index (κ1) is 22.0. The van der Waals surface area contributed by atoms with Gasteiger partial charge in [0, 0.05) is 25.2 Å². The van der Waals surface area contributed by atoms with E-state index in [0.29, 0.717) is 25.0 Å². The van der Waals surface area contributed by atoms with Crippen molar-refractivity contribution in [2.45, 2.75) is 66.2 Å². The summed E-state index contributed by atoms with van der Waals surface area (Å²) in [6, 6.07) is 11.0. The molecule has 6 heteroatoms. The SMILES string of the molecule is CCNC(=NCc1ccccc1CN(C)C(C)C)NCc1cc(C(C)C)no1. The Morgan fingerprint density at radius 1 is 1.14 bits per heavy atom. The Hall–Kier alpha value is -2.34. The van der Waals surface area contributed by atoms with Crippen molar-refractivity contribution in [3.05, 3.63) is 52.9 Å². The van der Waals surface area contributed by atoms with Crippen LogP contribution in [0, 0.1) is 0 Å². The van der Waals surface area contributed by atoms with Crippen LogP contribution in [0.2, 0.25) is 0 Å². The maximum absolute atomic E-state index is 5.40. The standard InChI is InChI=1S/C22H35N5O/c1-7-23-22(25-14-20-12-21(16(2)3)26-28-20)24-13-18-10-8-9-11-19(18)15-27(6)17(4)5/h8-12,16-17H,7,13-15H2,1-6H3,(H2,23,24,25). The van der Waals surface area contributed by atoms with Crippen LogP contribution in [-0.2, 0) is 19.6 Å². The Labute approximate surface area is 169 Å². The molecular formula is C22H35N5O. The quantitative estimate of drug-likeness (QED) is 0.506. The van der Waals surface area contributed by atoms with Crippen molar-refractivity contribution in [3.63, 3.8) is 0 Å². The van der Waals surface area contributed by atoms with Gasteiger partial charge >= 0.3 is 0 Å². The highest BCUT2D eigenvalue weighted by molar-refractivity contribution is 5.79. The van der Waals surface area contributed by atoms with Crippen LogP contribution in [0.5, 0.6) is 0 Å². The van der Waals surface area contributed by atoms with E-state index in [1.165, 1.54) is 11.1 Å². The van der Waals surface area contributed by atoms with E-state index < -0.39 is 0 Å². The number of nitrogens with zero attached hydrogens (tertiary/aromatic N) is 3. The van der Waals surface area contributed by atoms with Gasteiger partial charge in [0.25, 0.3) is 0 Å². The average molecular weight is 386 g/mol. The fraction of sp³-hybridized carbons (Fsp3) is 0.545. The lowest BCUT2D eigenvalue weighted by Gasteiger charge is -2.22. The highest BCUT2D eigenvalue weighted by Gasteiger charge is 2.10. The van der Waals surface area contributed by atoms with E-state index in [0.717, 1.165) is 30.5 Å². The highest BCUT2D eigenvalue weighted by Crippen LogP contribution is 2.15. The smallest absolute Gasteiger partial charge is 0.191 e. The van der Waals surface area contributed by atoms with Crippen molar-refractivity contribution in [3.8, 4) is 0 Å². The van der Waals surface area contributed by atoms with Gasteiger partial charge in [-0.05, 0) is 44.9 Å². The van der Waals surface area contributed by atoms with Gasteiger partial charge in [-0.2, -0.15) is 0 Å². The second-order valence-corrected chi connectivity index (χ2v) is 7.70. The van der Waals surface area contributed by atoms with Crippen molar-refractivity contribution < 1.29 is 4.52 Å². The van der Waals surface area contributed by atoms with Gasteiger partial charge in [-0.3, -0.25) is 4.90 Å². The summed E-state index contributed by atoms with van der Waals surface area (Å²) in [5.41, 5.74) is 3.53. The summed E-state index contributed by atoms with van der Waals surface area (Å²) in [6.45, 7) is 13.6. The molecule has 0 bridgehead atoms. The first-order valence-electron chi connectivity index (χ1n) is 10.1. The summed E-state index contributed by atoms with van der Waals surface area (Å²) in [6.07, 6.45) is 0. The van der Waals surface area contributed by atoms with Crippen molar-refractivity contribution in [1.29, 1.82) is 0 Å². The second-order valence-electron chi connectivity index (χ2n) is 7.70. The van der Waals surface area contributed by atoms with Gasteiger partial charge in [-0.15, -0.1) is 0 Å². The van der Waals surface area contributed by atoms with E-state index in [2.05, 4.69) is 86.6 Å². The zero-order valence-electron chi connectivity index (χ0n) is 18.1. The van der Waals surface area contributed by atoms with E-state index in [1.54, 1.807) is 0 Å². The molecule has 0 aliphatic carbocycles. The first-order chi connectivity index (χ1) is 13.4. The molecule has 0 amide bonds. The lowest BCUT2D eigenvalue weighted by Crippen LogP contribution is -2.36. The van der Waals surface area contributed by atoms with Crippen molar-refractivity contribution in [1.82, 2.24) is 20.7 Å². The van der Waals surface area contributed by atoms with Gasteiger partial charge in [0.15, 0.2) is 11.7 Å². The number of aliphatic imine (C=N–C) groups is 1. The highest BCUT2D eigenvalue weighted by atomic mass is 16.5. The van der Waals surface area contributed by atoms with Crippen LogP contribution in [0.4, 0.5) is 0 Å². The van der Waals surface area contributed by atoms with Gasteiger partial charge in [0.1, 0.15) is 0 Å². The van der Waals surface area contributed by atoms with E-state index in [1.807, 2.05) is 6.07 Å². The molecule has 1 aromatic carbocycles. The fourth-order valence-electron chi connectivity index (χ4n) is 2.68. The first-order valence-corrected chi connectivity index (χ1v) is 10.1. The van der Waals surface area contributed by atoms with Gasteiger partial charge in [0.2, 0.25) is 0 Å². The minimum atomic E-state index is 0.361. The van der Waals surface area contributed by atoms with Crippen LogP contribution in [0.3, 0.4) is 0 Å². The third-order valence-corrected chi connectivity index (χ3v) is 4.77. The molecule has 0 radical (unpaired) electrons. The monoisotopic (exact) mass is 385 g/mol. The zero-order chi connectivity index (χ0) is 20.5. The van der Waals surface area contributed by atoms with Crippen LogP contribution in [0.1, 0.15) is 63.1 Å². The van der Waals surface area contributed by atoms with E-state index in [-0.39, 0.29) is 0 Å². The molecule has 0 saturated heterocycles. The molecule has 2 rings (SSSR count). The second kappa shape index (κ2) is 10.9. The third kappa shape index (κ3) is 6.68. The predicted molar refractivity (Wildman–Crippen MR) is 115 cm³/mol. The normalized spacial score (nSPS) is 12.2. The number of hydrogen-bond acceptors (Lipinski definition) is 4. The van der Waals surface area contributed by atoms with Crippen molar-refractivity contribution in [2.24, 2.45) is 4.99 Å². The molecule has 154 valence electrons. The van der Waals surface area contributed by atoms with Gasteiger partial charge in [0.05, 0.1) is 18.8 Å². The Morgan fingerprint density at radius 3 is 2.46 bits per heavy atom. The molecule has 1 aromatic heterocycles. The van der Waals surface area contributed by atoms with Crippen LogP contribution >= 0.6 is 0 Å². The molecule has 6 nitrogen and oxygen atoms in total. The summed E-state index contributed by atoms with van der Waals surface area (Å²) in [4.78, 5) is 7.10. The van der Waals surface area contributed by atoms with Crippen LogP contribution < -0.4 is 10.6 Å². The number of hydrogen-bond donors (Lipinski definition) is 2. The minimum absolute atomic E-state index is 0.361. The largest absolute Gasteiger partial charge is 0.359 e. The van der Waals surface area contributed by atoms with Crippen LogP contribution in [0.15, 0.2) is 39.8 Å². The van der Waals surface area contributed by atoms with E-state index >= 15 is 0 Å². The molecule has 2 N–H and O–H groups in total. The Kier molecular flexibility index (Phi) is 8.51. The Morgan fingerprint density at radius 2 is 1.86 bits per heavy atom. The lowest BCUT2D eigenvalue weighted by atomic mass is 10.1. The molecular weight excluding hydrogens is 350 g/mol. The van der Waals surface area contributed by atoms with E-state index in [9.17, 15) is 0 Å². The summed E-state index contributed by atoms with van der Waals surface area (Å²) in [7, 11) is 2.15. The summed E-state index contributed by atoms with van der Waals surface area (Å²) in [5.74, 6) is 1.95. The van der Waals surface area contributed by atoms with E-state index in [4.69, 9.17) is 9.52 Å². The number of guanidine groups is 1. The van der Waals surface area contributed by atoms with Gasteiger partial charge in [-0.1, -0.05) is 43.3 Å². The predicted octanol–water partition coefficient (Wildman–Crippen LogP) is 3.89. The topological polar surface area (TPSA) is 65.7 Å². The van der Waals surface area contributed by atoms with Gasteiger partial charge in [-0.25, -0.2) is 4.99 Å². The Bertz CT molecular complexity index is 751. The molecule has 0 fully saturated rings. The van der Waals surface area contributed by atoms with Crippen LogP contribution in [0.25, 0.3) is 0 Å². The summed E-state index contributed by atoms with van der Waals surface area (Å²) >= 11 is 0. The number of rotatable bonds is 9. The molecule has 0 saturated carbocycles. The number of benzene rings is 1. The Balaban J connectivity index is 2.03. The molecule has 0 unspecified atom stereocenters. The molecule has 0 aliphatic rings. The summed E-state index contributed by atoms with van der Waals surface area (Å²) in [5, 5.41) is 10.7. The third-order valence-electron chi connectivity index (χ3n) is 4.77. The average Bonchev–Trinajstić information content (AvgIpc) is 3.14. The number of aromatic nitrogens is 1. The molecule has 0 aliphatic heterocycles. The lowest BCUT2D eigenvalue weighted by molar-refractivity contribution is 0.265. The maximum atomic E-state index is 5.40. The van der Waals surface area contributed by atoms with Gasteiger partial charge < -0.3 is 15.2 Å². The molecule has 2 aromatic rings. The number of nitrogens with one attached hydrogen (secondary N) is 2. The molecule has 28 heavy (non-hydrogen) atoms. The molecule has 0 spiro atoms. The zero-order valence-corrected chi connectivity index (χ0v) is 18.1. The fourth-order valence-corrected chi connectivity index (χ4v) is 2.68.